The summed E-state index contributed by atoms with van der Waals surface area (Å²) < 4.78 is 27.7. The van der Waals surface area contributed by atoms with Gasteiger partial charge in [-0.2, -0.15) is 0 Å². The molecule has 0 unspecified atom stereocenters. The first kappa shape index (κ1) is 16.9. The molecule has 3 aromatic rings. The normalized spacial score (nSPS) is 11.6. The van der Waals surface area contributed by atoms with E-state index in [0.29, 0.717) is 11.4 Å². The molecular weight excluding hydrogens is 334 g/mol. The van der Waals surface area contributed by atoms with E-state index in [4.69, 9.17) is 0 Å². The molecule has 0 aliphatic carbocycles. The monoisotopic (exact) mass is 351 g/mol. The minimum atomic E-state index is -3.67. The lowest BCUT2D eigenvalue weighted by Gasteiger charge is -2.10. The highest BCUT2D eigenvalue weighted by atomic mass is 32.2. The van der Waals surface area contributed by atoms with Gasteiger partial charge in [-0.15, -0.1) is 0 Å². The van der Waals surface area contributed by atoms with Crippen molar-refractivity contribution < 1.29 is 8.42 Å². The van der Waals surface area contributed by atoms with Crippen molar-refractivity contribution in [3.63, 3.8) is 0 Å². The fourth-order valence-corrected chi connectivity index (χ4v) is 3.26. The molecule has 1 N–H and O–H groups in total. The summed E-state index contributed by atoms with van der Waals surface area (Å²) in [6, 6.07) is 17.4. The lowest BCUT2D eigenvalue weighted by molar-refractivity contribution is 0.601. The third-order valence-corrected chi connectivity index (χ3v) is 4.92. The van der Waals surface area contributed by atoms with Gasteiger partial charge < -0.3 is 0 Å². The molecule has 25 heavy (non-hydrogen) atoms. The number of aromatic nitrogens is 1. The second-order valence-electron chi connectivity index (χ2n) is 5.47. The molecule has 0 aliphatic rings. The number of aliphatic imine (C=N–C) groups is 1. The molecule has 0 fully saturated rings. The van der Waals surface area contributed by atoms with Gasteiger partial charge in [0.05, 0.1) is 16.3 Å². The van der Waals surface area contributed by atoms with Crippen molar-refractivity contribution in [1.29, 1.82) is 0 Å². The average Bonchev–Trinajstić information content (AvgIpc) is 2.62. The SMILES string of the molecule is Cc1ccc(S(=O)(=O)Nc2ccccc2N=Cc2ccncc2)cc1. The van der Waals surface area contributed by atoms with Crippen LogP contribution in [0, 0.1) is 6.92 Å². The molecule has 0 amide bonds. The number of aryl methyl sites for hydroxylation is 1. The maximum atomic E-state index is 12.6. The van der Waals surface area contributed by atoms with E-state index in [1.54, 1.807) is 61.1 Å². The second-order valence-corrected chi connectivity index (χ2v) is 7.16. The number of anilines is 1. The van der Waals surface area contributed by atoms with Crippen molar-refractivity contribution in [1.82, 2.24) is 4.98 Å². The summed E-state index contributed by atoms with van der Waals surface area (Å²) in [6.07, 6.45) is 5.02. The van der Waals surface area contributed by atoms with Gasteiger partial charge in [-0.25, -0.2) is 8.42 Å². The van der Waals surface area contributed by atoms with Crippen LogP contribution in [0.4, 0.5) is 11.4 Å². The number of pyridine rings is 1. The molecule has 126 valence electrons. The lowest BCUT2D eigenvalue weighted by atomic mass is 10.2. The zero-order valence-electron chi connectivity index (χ0n) is 13.6. The van der Waals surface area contributed by atoms with Crippen LogP contribution in [0.25, 0.3) is 0 Å². The largest absolute Gasteiger partial charge is 0.277 e. The maximum absolute atomic E-state index is 12.6. The quantitative estimate of drug-likeness (QED) is 0.708. The molecule has 6 heteroatoms. The van der Waals surface area contributed by atoms with Gasteiger partial charge in [-0.3, -0.25) is 14.7 Å². The van der Waals surface area contributed by atoms with E-state index in [1.807, 2.05) is 25.1 Å². The van der Waals surface area contributed by atoms with Gasteiger partial charge in [0.1, 0.15) is 0 Å². The molecule has 0 radical (unpaired) electrons. The lowest BCUT2D eigenvalue weighted by Crippen LogP contribution is -2.13. The standard InChI is InChI=1S/C19H17N3O2S/c1-15-6-8-17(9-7-15)25(23,24)22-19-5-3-2-4-18(19)21-14-16-10-12-20-13-11-16/h2-14,22H,1H3. The number of hydrogen-bond acceptors (Lipinski definition) is 4. The summed E-state index contributed by atoms with van der Waals surface area (Å²) in [4.78, 5) is 8.56. The molecule has 0 saturated carbocycles. The van der Waals surface area contributed by atoms with Crippen molar-refractivity contribution >= 4 is 27.6 Å². The van der Waals surface area contributed by atoms with Crippen molar-refractivity contribution in [3.05, 3.63) is 84.2 Å². The zero-order valence-corrected chi connectivity index (χ0v) is 14.4. The van der Waals surface area contributed by atoms with Gasteiger partial charge in [0, 0.05) is 18.6 Å². The van der Waals surface area contributed by atoms with Crippen molar-refractivity contribution in [2.45, 2.75) is 11.8 Å². The molecule has 1 heterocycles. The summed E-state index contributed by atoms with van der Waals surface area (Å²) in [6.45, 7) is 1.91. The summed E-state index contributed by atoms with van der Waals surface area (Å²) in [5.74, 6) is 0. The highest BCUT2D eigenvalue weighted by Gasteiger charge is 2.15. The smallest absolute Gasteiger partial charge is 0.261 e. The number of nitrogens with zero attached hydrogens (tertiary/aromatic N) is 2. The minimum Gasteiger partial charge on any atom is -0.277 e. The topological polar surface area (TPSA) is 71.4 Å². The van der Waals surface area contributed by atoms with Crippen LogP contribution in [0.1, 0.15) is 11.1 Å². The van der Waals surface area contributed by atoms with Gasteiger partial charge in [0.25, 0.3) is 10.0 Å². The maximum Gasteiger partial charge on any atom is 0.261 e. The zero-order chi connectivity index (χ0) is 17.7. The Morgan fingerprint density at radius 3 is 2.36 bits per heavy atom. The van der Waals surface area contributed by atoms with Crippen LogP contribution in [-0.2, 0) is 10.0 Å². The van der Waals surface area contributed by atoms with Crippen molar-refractivity contribution in [2.24, 2.45) is 4.99 Å². The number of para-hydroxylation sites is 2. The minimum absolute atomic E-state index is 0.214. The molecule has 2 aromatic carbocycles. The Balaban J connectivity index is 1.88. The number of benzene rings is 2. The number of rotatable bonds is 5. The van der Waals surface area contributed by atoms with E-state index >= 15 is 0 Å². The van der Waals surface area contributed by atoms with Crippen molar-refractivity contribution in [2.75, 3.05) is 4.72 Å². The predicted octanol–water partition coefficient (Wildman–Crippen LogP) is 3.94. The third kappa shape index (κ3) is 4.30. The second kappa shape index (κ2) is 7.27. The van der Waals surface area contributed by atoms with Gasteiger partial charge in [0.2, 0.25) is 0 Å². The van der Waals surface area contributed by atoms with E-state index in [1.165, 1.54) is 0 Å². The summed E-state index contributed by atoms with van der Waals surface area (Å²) in [5, 5.41) is 0. The Kier molecular flexibility index (Phi) is 4.90. The molecule has 3 rings (SSSR count). The van der Waals surface area contributed by atoms with Crippen LogP contribution in [0.2, 0.25) is 0 Å². The van der Waals surface area contributed by atoms with Gasteiger partial charge in [0.15, 0.2) is 0 Å². The van der Waals surface area contributed by atoms with E-state index in [-0.39, 0.29) is 4.90 Å². The average molecular weight is 351 g/mol. The summed E-state index contributed by atoms with van der Waals surface area (Å²) in [7, 11) is -3.67. The van der Waals surface area contributed by atoms with Gasteiger partial charge in [-0.1, -0.05) is 29.8 Å². The predicted molar refractivity (Wildman–Crippen MR) is 99.9 cm³/mol. The molecule has 5 nitrogen and oxygen atoms in total. The van der Waals surface area contributed by atoms with Crippen LogP contribution in [0.5, 0.6) is 0 Å². The highest BCUT2D eigenvalue weighted by Crippen LogP contribution is 2.27. The van der Waals surface area contributed by atoms with Crippen LogP contribution >= 0.6 is 0 Å². The molecular formula is C19H17N3O2S. The first-order chi connectivity index (χ1) is 12.0. The molecule has 0 atom stereocenters. The Hall–Kier alpha value is -2.99. The third-order valence-electron chi connectivity index (χ3n) is 3.54. The van der Waals surface area contributed by atoms with E-state index < -0.39 is 10.0 Å². The fraction of sp³-hybridized carbons (Fsp3) is 0.0526. The number of nitrogens with one attached hydrogen (secondary N) is 1. The Bertz CT molecular complexity index is 983. The molecule has 0 aliphatic heterocycles. The fourth-order valence-electron chi connectivity index (χ4n) is 2.19. The molecule has 0 saturated heterocycles. The first-order valence-electron chi connectivity index (χ1n) is 7.67. The summed E-state index contributed by atoms with van der Waals surface area (Å²) in [5.41, 5.74) is 2.84. The molecule has 0 spiro atoms. The summed E-state index contributed by atoms with van der Waals surface area (Å²) >= 11 is 0. The molecule has 0 bridgehead atoms. The Labute approximate surface area is 147 Å². The number of sulfonamides is 1. The van der Waals surface area contributed by atoms with E-state index in [2.05, 4.69) is 14.7 Å². The first-order valence-corrected chi connectivity index (χ1v) is 9.15. The Morgan fingerprint density at radius 2 is 1.64 bits per heavy atom. The van der Waals surface area contributed by atoms with Crippen LogP contribution in [0.3, 0.4) is 0 Å². The van der Waals surface area contributed by atoms with Gasteiger partial charge >= 0.3 is 0 Å². The van der Waals surface area contributed by atoms with Crippen LogP contribution in [0.15, 0.2) is 82.9 Å². The van der Waals surface area contributed by atoms with Crippen molar-refractivity contribution in [3.8, 4) is 0 Å². The van der Waals surface area contributed by atoms with E-state index in [0.717, 1.165) is 11.1 Å². The van der Waals surface area contributed by atoms with Crippen LogP contribution in [-0.4, -0.2) is 19.6 Å². The van der Waals surface area contributed by atoms with Crippen LogP contribution < -0.4 is 4.72 Å². The number of hydrogen-bond donors (Lipinski definition) is 1. The highest BCUT2D eigenvalue weighted by molar-refractivity contribution is 7.92. The Morgan fingerprint density at radius 1 is 0.960 bits per heavy atom. The van der Waals surface area contributed by atoms with E-state index in [9.17, 15) is 8.42 Å². The molecule has 1 aromatic heterocycles. The van der Waals surface area contributed by atoms with Gasteiger partial charge in [-0.05, 0) is 48.9 Å².